The molecule has 0 spiro atoms. The predicted octanol–water partition coefficient (Wildman–Crippen LogP) is 2.81. The molecule has 0 aliphatic rings. The molecule has 3 nitrogen and oxygen atoms in total. The Bertz CT molecular complexity index is 325. The molecule has 0 saturated carbocycles. The fraction of sp³-hybridized carbons (Fsp3) is 0.667. The maximum atomic E-state index is 12.0. The van der Waals surface area contributed by atoms with Crippen LogP contribution in [-0.2, 0) is 0 Å². The van der Waals surface area contributed by atoms with E-state index in [1.807, 2.05) is 19.1 Å². The molecule has 0 radical (unpaired) electrons. The van der Waals surface area contributed by atoms with Gasteiger partial charge in [0.15, 0.2) is 0 Å². The van der Waals surface area contributed by atoms with Gasteiger partial charge < -0.3 is 14.6 Å². The third-order valence-electron chi connectivity index (χ3n) is 2.69. The summed E-state index contributed by atoms with van der Waals surface area (Å²) in [4.78, 5) is 1.66. The van der Waals surface area contributed by atoms with Crippen molar-refractivity contribution in [1.29, 1.82) is 0 Å². The molecule has 18 heavy (non-hydrogen) atoms. The molecule has 1 aromatic heterocycles. The molecule has 0 aliphatic heterocycles. The van der Waals surface area contributed by atoms with E-state index in [-0.39, 0.29) is 12.6 Å². The number of halogens is 3. The molecule has 0 amide bonds. The van der Waals surface area contributed by atoms with Crippen molar-refractivity contribution in [1.82, 2.24) is 10.2 Å². The smallest absolute Gasteiger partial charge is 0.390 e. The van der Waals surface area contributed by atoms with Crippen LogP contribution in [-0.4, -0.2) is 37.8 Å². The van der Waals surface area contributed by atoms with Crippen LogP contribution in [0.25, 0.3) is 0 Å². The lowest BCUT2D eigenvalue weighted by atomic mass is 10.2. The average Bonchev–Trinajstić information content (AvgIpc) is 2.78. The first-order chi connectivity index (χ1) is 8.38. The van der Waals surface area contributed by atoms with Crippen molar-refractivity contribution in [3.05, 3.63) is 24.2 Å². The summed E-state index contributed by atoms with van der Waals surface area (Å²) in [6.45, 7) is 3.17. The monoisotopic (exact) mass is 264 g/mol. The van der Waals surface area contributed by atoms with E-state index in [4.69, 9.17) is 4.42 Å². The van der Waals surface area contributed by atoms with Crippen LogP contribution in [0.4, 0.5) is 13.2 Å². The minimum Gasteiger partial charge on any atom is -0.468 e. The number of nitrogens with zero attached hydrogens (tertiary/aromatic N) is 1. The van der Waals surface area contributed by atoms with E-state index >= 15 is 0 Å². The van der Waals surface area contributed by atoms with Crippen LogP contribution in [0, 0.1) is 0 Å². The normalized spacial score (nSPS) is 14.1. The zero-order valence-corrected chi connectivity index (χ0v) is 10.6. The van der Waals surface area contributed by atoms with Gasteiger partial charge in [-0.25, -0.2) is 0 Å². The second kappa shape index (κ2) is 6.80. The van der Waals surface area contributed by atoms with Crippen LogP contribution < -0.4 is 5.32 Å². The summed E-state index contributed by atoms with van der Waals surface area (Å²) in [6, 6.07) is 3.74. The van der Waals surface area contributed by atoms with Gasteiger partial charge in [-0.1, -0.05) is 0 Å². The second-order valence-corrected chi connectivity index (χ2v) is 4.36. The quantitative estimate of drug-likeness (QED) is 0.821. The van der Waals surface area contributed by atoms with Crippen molar-refractivity contribution in [2.75, 3.05) is 26.7 Å². The van der Waals surface area contributed by atoms with Crippen LogP contribution in [0.5, 0.6) is 0 Å². The lowest BCUT2D eigenvalue weighted by molar-refractivity contribution is -0.137. The lowest BCUT2D eigenvalue weighted by Crippen LogP contribution is -2.32. The SMILES string of the molecule is CC(NCCN(C)CCC(F)(F)F)c1ccco1. The highest BCUT2D eigenvalue weighted by Crippen LogP contribution is 2.19. The Hall–Kier alpha value is -1.01. The zero-order chi connectivity index (χ0) is 13.6. The van der Waals surface area contributed by atoms with E-state index in [9.17, 15) is 13.2 Å². The number of likely N-dealkylation sites (N-methyl/N-ethyl adjacent to an activating group) is 1. The van der Waals surface area contributed by atoms with Gasteiger partial charge in [0.2, 0.25) is 0 Å². The van der Waals surface area contributed by atoms with Crippen LogP contribution in [0.1, 0.15) is 25.1 Å². The van der Waals surface area contributed by atoms with Gasteiger partial charge in [-0.2, -0.15) is 13.2 Å². The van der Waals surface area contributed by atoms with E-state index < -0.39 is 12.6 Å². The molecule has 1 N–H and O–H groups in total. The van der Waals surface area contributed by atoms with Gasteiger partial charge in [0, 0.05) is 19.6 Å². The average molecular weight is 264 g/mol. The molecule has 0 aliphatic carbocycles. The largest absolute Gasteiger partial charge is 0.468 e. The minimum absolute atomic E-state index is 0.0281. The standard InChI is InChI=1S/C12H19F3N2O/c1-10(11-4-3-9-18-11)16-6-8-17(2)7-5-12(13,14)15/h3-4,9-10,16H,5-8H2,1-2H3. The molecule has 0 bridgehead atoms. The van der Waals surface area contributed by atoms with E-state index in [0.717, 1.165) is 5.76 Å². The molecule has 1 heterocycles. The first-order valence-corrected chi connectivity index (χ1v) is 5.90. The first kappa shape index (κ1) is 15.0. The summed E-state index contributed by atoms with van der Waals surface area (Å²) >= 11 is 0. The van der Waals surface area contributed by atoms with Crippen molar-refractivity contribution >= 4 is 0 Å². The van der Waals surface area contributed by atoms with Gasteiger partial charge in [-0.3, -0.25) is 0 Å². The highest BCUT2D eigenvalue weighted by molar-refractivity contribution is 5.02. The molecule has 0 fully saturated rings. The Morgan fingerprint density at radius 1 is 1.39 bits per heavy atom. The number of rotatable bonds is 7. The Morgan fingerprint density at radius 2 is 2.11 bits per heavy atom. The highest BCUT2D eigenvalue weighted by atomic mass is 19.4. The summed E-state index contributed by atoms with van der Waals surface area (Å²) in [6.07, 6.45) is -3.25. The Morgan fingerprint density at radius 3 is 2.67 bits per heavy atom. The molecule has 6 heteroatoms. The first-order valence-electron chi connectivity index (χ1n) is 5.90. The molecular weight excluding hydrogens is 245 g/mol. The van der Waals surface area contributed by atoms with Gasteiger partial charge in [0.05, 0.1) is 18.7 Å². The van der Waals surface area contributed by atoms with Crippen molar-refractivity contribution < 1.29 is 17.6 Å². The number of hydrogen-bond donors (Lipinski definition) is 1. The lowest BCUT2D eigenvalue weighted by Gasteiger charge is -2.19. The summed E-state index contributed by atoms with van der Waals surface area (Å²) in [5.41, 5.74) is 0. The number of hydrogen-bond acceptors (Lipinski definition) is 3. The summed E-state index contributed by atoms with van der Waals surface area (Å²) in [5.74, 6) is 0.827. The van der Waals surface area contributed by atoms with Crippen molar-refractivity contribution in [2.24, 2.45) is 0 Å². The van der Waals surface area contributed by atoms with Gasteiger partial charge in [-0.05, 0) is 26.1 Å². The van der Waals surface area contributed by atoms with Crippen LogP contribution in [0.2, 0.25) is 0 Å². The van der Waals surface area contributed by atoms with Crippen molar-refractivity contribution in [3.8, 4) is 0 Å². The Kier molecular flexibility index (Phi) is 5.68. The van der Waals surface area contributed by atoms with Crippen LogP contribution >= 0.6 is 0 Å². The number of furan rings is 1. The Balaban J connectivity index is 2.14. The number of alkyl halides is 3. The zero-order valence-electron chi connectivity index (χ0n) is 10.6. The third kappa shape index (κ3) is 6.07. The summed E-state index contributed by atoms with van der Waals surface area (Å²) in [5, 5.41) is 3.20. The second-order valence-electron chi connectivity index (χ2n) is 4.36. The van der Waals surface area contributed by atoms with E-state index in [0.29, 0.717) is 13.1 Å². The highest BCUT2D eigenvalue weighted by Gasteiger charge is 2.26. The van der Waals surface area contributed by atoms with Crippen LogP contribution in [0.3, 0.4) is 0 Å². The maximum absolute atomic E-state index is 12.0. The fourth-order valence-electron chi connectivity index (χ4n) is 1.54. The molecule has 0 aromatic carbocycles. The van der Waals surface area contributed by atoms with E-state index in [1.54, 1.807) is 18.2 Å². The van der Waals surface area contributed by atoms with E-state index in [1.165, 1.54) is 0 Å². The van der Waals surface area contributed by atoms with Crippen molar-refractivity contribution in [2.45, 2.75) is 25.6 Å². The van der Waals surface area contributed by atoms with Gasteiger partial charge in [-0.15, -0.1) is 0 Å². The Labute approximate surface area is 105 Å². The molecule has 0 saturated heterocycles. The summed E-state index contributed by atoms with van der Waals surface area (Å²) < 4.78 is 41.2. The van der Waals surface area contributed by atoms with Gasteiger partial charge >= 0.3 is 6.18 Å². The third-order valence-corrected chi connectivity index (χ3v) is 2.69. The fourth-order valence-corrected chi connectivity index (χ4v) is 1.54. The van der Waals surface area contributed by atoms with E-state index in [2.05, 4.69) is 5.32 Å². The molecule has 1 aromatic rings. The maximum Gasteiger partial charge on any atom is 0.390 e. The molecule has 1 rings (SSSR count). The van der Waals surface area contributed by atoms with Gasteiger partial charge in [0.25, 0.3) is 0 Å². The minimum atomic E-state index is -4.08. The van der Waals surface area contributed by atoms with Gasteiger partial charge in [0.1, 0.15) is 5.76 Å². The summed E-state index contributed by atoms with van der Waals surface area (Å²) in [7, 11) is 1.69. The molecule has 1 unspecified atom stereocenters. The number of nitrogens with one attached hydrogen (secondary N) is 1. The van der Waals surface area contributed by atoms with Crippen molar-refractivity contribution in [3.63, 3.8) is 0 Å². The molecular formula is C12H19F3N2O. The predicted molar refractivity (Wildman–Crippen MR) is 63.3 cm³/mol. The molecule has 1 atom stereocenters. The molecule has 104 valence electrons. The van der Waals surface area contributed by atoms with Crippen LogP contribution in [0.15, 0.2) is 22.8 Å². The topological polar surface area (TPSA) is 28.4 Å².